The Morgan fingerprint density at radius 2 is 2.00 bits per heavy atom. The van der Waals surface area contributed by atoms with Gasteiger partial charge in [-0.2, -0.15) is 5.10 Å². The van der Waals surface area contributed by atoms with Crippen LogP contribution in [0.15, 0.2) is 4.99 Å². The van der Waals surface area contributed by atoms with Gasteiger partial charge in [-0.3, -0.25) is 9.67 Å². The zero-order chi connectivity index (χ0) is 17.4. The third-order valence-corrected chi connectivity index (χ3v) is 4.16. The van der Waals surface area contributed by atoms with E-state index in [0.717, 1.165) is 37.8 Å². The van der Waals surface area contributed by atoms with Gasteiger partial charge in [-0.1, -0.05) is 13.8 Å². The molecule has 0 fully saturated rings. The fraction of sp³-hybridized carbons (Fsp3) is 0.765. The molecule has 0 spiro atoms. The first-order valence-corrected chi connectivity index (χ1v) is 8.45. The molecule has 23 heavy (non-hydrogen) atoms. The third kappa shape index (κ3) is 5.86. The van der Waals surface area contributed by atoms with E-state index >= 15 is 0 Å². The van der Waals surface area contributed by atoms with Gasteiger partial charge in [0, 0.05) is 45.0 Å². The molecule has 0 bridgehead atoms. The van der Waals surface area contributed by atoms with Crippen LogP contribution in [0.4, 0.5) is 0 Å². The van der Waals surface area contributed by atoms with E-state index in [9.17, 15) is 0 Å². The molecule has 0 saturated carbocycles. The van der Waals surface area contributed by atoms with Gasteiger partial charge in [-0.25, -0.2) is 0 Å². The Bertz CT molecular complexity index is 507. The topological polar surface area (TPSA) is 63.5 Å². The molecule has 0 aliphatic carbocycles. The number of ether oxygens (including phenoxy) is 1. The predicted octanol–water partition coefficient (Wildman–Crippen LogP) is 2.15. The summed E-state index contributed by atoms with van der Waals surface area (Å²) >= 11 is 0. The van der Waals surface area contributed by atoms with Crippen LogP contribution < -0.4 is 10.6 Å². The van der Waals surface area contributed by atoms with E-state index in [1.807, 2.05) is 25.6 Å². The first-order chi connectivity index (χ1) is 10.9. The summed E-state index contributed by atoms with van der Waals surface area (Å²) in [6, 6.07) is 0. The minimum absolute atomic E-state index is 0.286. The molecule has 0 saturated heterocycles. The van der Waals surface area contributed by atoms with Gasteiger partial charge in [-0.15, -0.1) is 0 Å². The van der Waals surface area contributed by atoms with Crippen LogP contribution in [0.3, 0.4) is 0 Å². The van der Waals surface area contributed by atoms with Crippen molar-refractivity contribution in [3.8, 4) is 0 Å². The zero-order valence-electron chi connectivity index (χ0n) is 15.7. The predicted molar refractivity (Wildman–Crippen MR) is 95.8 cm³/mol. The van der Waals surface area contributed by atoms with Gasteiger partial charge < -0.3 is 15.4 Å². The molecule has 1 heterocycles. The van der Waals surface area contributed by atoms with Crippen LogP contribution in [0.25, 0.3) is 0 Å². The molecule has 0 aliphatic rings. The summed E-state index contributed by atoms with van der Waals surface area (Å²) in [5.41, 5.74) is 3.47. The van der Waals surface area contributed by atoms with E-state index < -0.39 is 0 Å². The minimum Gasteiger partial charge on any atom is -0.378 e. The summed E-state index contributed by atoms with van der Waals surface area (Å²) < 4.78 is 7.69. The van der Waals surface area contributed by atoms with Crippen molar-refractivity contribution in [1.82, 2.24) is 20.4 Å². The highest BCUT2D eigenvalue weighted by molar-refractivity contribution is 5.79. The van der Waals surface area contributed by atoms with Gasteiger partial charge >= 0.3 is 0 Å². The number of guanidine groups is 1. The number of hydrogen-bond donors (Lipinski definition) is 2. The molecule has 6 heteroatoms. The van der Waals surface area contributed by atoms with E-state index in [4.69, 9.17) is 4.74 Å². The summed E-state index contributed by atoms with van der Waals surface area (Å²) in [6.45, 7) is 12.9. The first-order valence-electron chi connectivity index (χ1n) is 8.45. The number of aromatic nitrogens is 2. The van der Waals surface area contributed by atoms with Crippen LogP contribution in [0, 0.1) is 19.8 Å². The van der Waals surface area contributed by atoms with E-state index in [1.165, 1.54) is 11.3 Å². The molecule has 0 amide bonds. The Labute approximate surface area is 140 Å². The van der Waals surface area contributed by atoms with Gasteiger partial charge in [0.1, 0.15) is 0 Å². The van der Waals surface area contributed by atoms with Crippen molar-refractivity contribution in [2.75, 3.05) is 20.2 Å². The second kappa shape index (κ2) is 9.55. The molecular formula is C17H33N5O. The summed E-state index contributed by atoms with van der Waals surface area (Å²) in [6.07, 6.45) is 1.25. The Morgan fingerprint density at radius 1 is 1.30 bits per heavy atom. The normalized spacial score (nSPS) is 13.5. The van der Waals surface area contributed by atoms with E-state index in [2.05, 4.69) is 41.5 Å². The summed E-state index contributed by atoms with van der Waals surface area (Å²) in [4.78, 5) is 4.28. The summed E-state index contributed by atoms with van der Waals surface area (Å²) in [5.74, 6) is 1.33. The second-order valence-electron chi connectivity index (χ2n) is 6.15. The van der Waals surface area contributed by atoms with E-state index in [-0.39, 0.29) is 6.10 Å². The molecule has 0 radical (unpaired) electrons. The number of rotatable bonds is 8. The van der Waals surface area contributed by atoms with Crippen LogP contribution in [0.5, 0.6) is 0 Å². The highest BCUT2D eigenvalue weighted by atomic mass is 16.5. The maximum Gasteiger partial charge on any atom is 0.191 e. The molecule has 6 nitrogen and oxygen atoms in total. The Balaban J connectivity index is 2.46. The fourth-order valence-corrected chi connectivity index (χ4v) is 2.62. The van der Waals surface area contributed by atoms with Crippen LogP contribution in [0.1, 0.15) is 44.1 Å². The summed E-state index contributed by atoms with van der Waals surface area (Å²) in [5, 5.41) is 11.2. The molecule has 1 aromatic heterocycles. The van der Waals surface area contributed by atoms with E-state index in [0.29, 0.717) is 5.92 Å². The smallest absolute Gasteiger partial charge is 0.191 e. The maximum atomic E-state index is 5.77. The minimum atomic E-state index is 0.286. The highest BCUT2D eigenvalue weighted by Gasteiger charge is 2.13. The molecular weight excluding hydrogens is 290 g/mol. The van der Waals surface area contributed by atoms with Crippen LogP contribution in [-0.2, 0) is 18.3 Å². The highest BCUT2D eigenvalue weighted by Crippen LogP contribution is 2.11. The number of aliphatic imine (C=N–C) groups is 1. The monoisotopic (exact) mass is 323 g/mol. The number of aryl methyl sites for hydroxylation is 2. The second-order valence-corrected chi connectivity index (χ2v) is 6.15. The van der Waals surface area contributed by atoms with Crippen LogP contribution in [-0.4, -0.2) is 42.0 Å². The lowest BCUT2D eigenvalue weighted by Crippen LogP contribution is -2.39. The van der Waals surface area contributed by atoms with Crippen molar-refractivity contribution < 1.29 is 4.74 Å². The van der Waals surface area contributed by atoms with Crippen molar-refractivity contribution in [2.45, 2.75) is 53.7 Å². The number of hydrogen-bond acceptors (Lipinski definition) is 3. The van der Waals surface area contributed by atoms with Crippen LogP contribution >= 0.6 is 0 Å². The molecule has 0 aromatic carbocycles. The molecule has 1 rings (SSSR count). The quantitative estimate of drug-likeness (QED) is 0.568. The van der Waals surface area contributed by atoms with Gasteiger partial charge in [0.25, 0.3) is 0 Å². The average Bonchev–Trinajstić information content (AvgIpc) is 2.74. The maximum absolute atomic E-state index is 5.77. The lowest BCUT2D eigenvalue weighted by atomic mass is 10.0. The lowest BCUT2D eigenvalue weighted by Gasteiger charge is -2.21. The van der Waals surface area contributed by atoms with E-state index in [1.54, 1.807) is 7.05 Å². The van der Waals surface area contributed by atoms with Crippen molar-refractivity contribution in [1.29, 1.82) is 0 Å². The SMILES string of the molecule is CCOC(CCNC(=NC)NCc1c(C)nn(C)c1C)C(C)C. The van der Waals surface area contributed by atoms with Crippen LogP contribution in [0.2, 0.25) is 0 Å². The standard InChI is InChI=1S/C17H33N5O/c1-8-23-16(12(2)3)9-10-19-17(18-6)20-11-15-13(4)21-22(7)14(15)5/h12,16H,8-11H2,1-7H3,(H2,18,19,20). The van der Waals surface area contributed by atoms with Crippen molar-refractivity contribution in [3.05, 3.63) is 17.0 Å². The third-order valence-electron chi connectivity index (χ3n) is 4.16. The van der Waals surface area contributed by atoms with Gasteiger partial charge in [0.15, 0.2) is 5.96 Å². The Hall–Kier alpha value is -1.56. The van der Waals surface area contributed by atoms with Gasteiger partial charge in [0.2, 0.25) is 0 Å². The van der Waals surface area contributed by atoms with Gasteiger partial charge in [0.05, 0.1) is 11.8 Å². The Morgan fingerprint density at radius 3 is 2.48 bits per heavy atom. The van der Waals surface area contributed by atoms with Gasteiger partial charge in [-0.05, 0) is 33.1 Å². The molecule has 0 aliphatic heterocycles. The molecule has 1 atom stereocenters. The largest absolute Gasteiger partial charge is 0.378 e. The van der Waals surface area contributed by atoms with Crippen molar-refractivity contribution in [2.24, 2.45) is 18.0 Å². The average molecular weight is 323 g/mol. The fourth-order valence-electron chi connectivity index (χ4n) is 2.62. The van der Waals surface area contributed by atoms with Crippen molar-refractivity contribution in [3.63, 3.8) is 0 Å². The molecule has 2 N–H and O–H groups in total. The first kappa shape index (κ1) is 19.5. The molecule has 1 unspecified atom stereocenters. The Kier molecular flexibility index (Phi) is 8.09. The molecule has 132 valence electrons. The zero-order valence-corrected chi connectivity index (χ0v) is 15.7. The molecule has 1 aromatic rings. The lowest BCUT2D eigenvalue weighted by molar-refractivity contribution is 0.0258. The van der Waals surface area contributed by atoms with Crippen molar-refractivity contribution >= 4 is 5.96 Å². The summed E-state index contributed by atoms with van der Waals surface area (Å²) in [7, 11) is 3.76. The number of nitrogens with zero attached hydrogens (tertiary/aromatic N) is 3. The number of nitrogens with one attached hydrogen (secondary N) is 2.